The Morgan fingerprint density at radius 3 is 1.82 bits per heavy atom. The Morgan fingerprint density at radius 2 is 1.53 bits per heavy atom. The summed E-state index contributed by atoms with van der Waals surface area (Å²) < 4.78 is 0. The van der Waals surface area contributed by atoms with Crippen LogP contribution in [0.4, 0.5) is 0 Å². The first-order valence-electron chi connectivity index (χ1n) is 7.13. The molecule has 1 aliphatic rings. The SMILES string of the molecule is CC1=CCC([SiH3])=C(C(C)C)C1(C(C)C)C(C)C. The minimum atomic E-state index is 0.323. The maximum Gasteiger partial charge on any atom is 0.0337 e. The van der Waals surface area contributed by atoms with E-state index < -0.39 is 0 Å². The number of hydrogen-bond donors (Lipinski definition) is 0. The highest BCUT2D eigenvalue weighted by Crippen LogP contribution is 2.54. The van der Waals surface area contributed by atoms with Crippen LogP contribution in [-0.2, 0) is 0 Å². The summed E-state index contributed by atoms with van der Waals surface area (Å²) in [5, 5.41) is 1.74. The summed E-state index contributed by atoms with van der Waals surface area (Å²) in [5.74, 6) is 2.08. The van der Waals surface area contributed by atoms with Crippen LogP contribution in [0.5, 0.6) is 0 Å². The van der Waals surface area contributed by atoms with Crippen molar-refractivity contribution in [2.24, 2.45) is 23.2 Å². The third-order valence-corrected chi connectivity index (χ3v) is 5.62. The van der Waals surface area contributed by atoms with Crippen LogP contribution >= 0.6 is 0 Å². The Bertz CT molecular complexity index is 335. The smallest absolute Gasteiger partial charge is 0.0337 e. The standard InChI is InChI=1S/C16H30Si/c1-10(2)15-14(17)9-8-13(7)16(15,11(3)4)12(5)6/h8,10-12H,9H2,1-7,17H3. The molecule has 0 bridgehead atoms. The van der Waals surface area contributed by atoms with Gasteiger partial charge < -0.3 is 0 Å². The molecule has 0 N–H and O–H groups in total. The average Bonchev–Trinajstić information content (AvgIpc) is 2.19. The summed E-state index contributed by atoms with van der Waals surface area (Å²) in [6.45, 7) is 16.7. The van der Waals surface area contributed by atoms with Gasteiger partial charge in [-0.25, -0.2) is 0 Å². The maximum absolute atomic E-state index is 2.49. The van der Waals surface area contributed by atoms with Crippen LogP contribution in [-0.4, -0.2) is 10.2 Å². The van der Waals surface area contributed by atoms with E-state index in [2.05, 4.69) is 54.5 Å². The van der Waals surface area contributed by atoms with Crippen molar-refractivity contribution in [3.05, 3.63) is 22.4 Å². The molecule has 0 spiro atoms. The van der Waals surface area contributed by atoms with Gasteiger partial charge in [-0.3, -0.25) is 0 Å². The highest BCUT2D eigenvalue weighted by Gasteiger charge is 2.44. The molecule has 1 aliphatic carbocycles. The molecule has 1 rings (SSSR count). The third-order valence-electron chi connectivity index (χ3n) is 4.67. The van der Waals surface area contributed by atoms with Gasteiger partial charge in [0.15, 0.2) is 0 Å². The van der Waals surface area contributed by atoms with Crippen LogP contribution in [0.15, 0.2) is 22.4 Å². The Hall–Kier alpha value is -0.303. The number of rotatable bonds is 3. The zero-order valence-corrected chi connectivity index (χ0v) is 15.0. The van der Waals surface area contributed by atoms with Gasteiger partial charge in [0.1, 0.15) is 0 Å². The molecule has 17 heavy (non-hydrogen) atoms. The second-order valence-corrected chi connectivity index (χ2v) is 7.83. The molecule has 1 heteroatoms. The van der Waals surface area contributed by atoms with E-state index in [0.717, 1.165) is 0 Å². The van der Waals surface area contributed by atoms with E-state index in [1.54, 1.807) is 16.3 Å². The third kappa shape index (κ3) is 2.19. The Balaban J connectivity index is 3.49. The molecular formula is C16H30Si. The van der Waals surface area contributed by atoms with Gasteiger partial charge in [-0.2, -0.15) is 0 Å². The molecule has 0 aromatic carbocycles. The predicted molar refractivity (Wildman–Crippen MR) is 82.3 cm³/mol. The second-order valence-electron chi connectivity index (χ2n) is 6.62. The molecule has 0 unspecified atom stereocenters. The Kier molecular flexibility index (Phi) is 4.46. The number of hydrogen-bond acceptors (Lipinski definition) is 0. The van der Waals surface area contributed by atoms with Crippen molar-refractivity contribution in [3.63, 3.8) is 0 Å². The van der Waals surface area contributed by atoms with E-state index in [4.69, 9.17) is 0 Å². The first-order valence-corrected chi connectivity index (χ1v) is 8.13. The summed E-state index contributed by atoms with van der Waals surface area (Å²) in [7, 11) is 1.22. The maximum atomic E-state index is 2.49. The van der Waals surface area contributed by atoms with Gasteiger partial charge in [0.2, 0.25) is 0 Å². The highest BCUT2D eigenvalue weighted by molar-refractivity contribution is 6.22. The molecule has 0 aromatic rings. The van der Waals surface area contributed by atoms with Gasteiger partial charge in [-0.1, -0.05) is 64.0 Å². The van der Waals surface area contributed by atoms with E-state index >= 15 is 0 Å². The van der Waals surface area contributed by atoms with E-state index in [1.165, 1.54) is 16.7 Å². The summed E-state index contributed by atoms with van der Waals surface area (Å²) in [5.41, 5.74) is 3.71. The first kappa shape index (κ1) is 14.8. The van der Waals surface area contributed by atoms with Crippen molar-refractivity contribution in [3.8, 4) is 0 Å². The monoisotopic (exact) mass is 250 g/mol. The van der Waals surface area contributed by atoms with Crippen LogP contribution in [0.2, 0.25) is 0 Å². The zero-order valence-electron chi connectivity index (χ0n) is 13.0. The van der Waals surface area contributed by atoms with Crippen LogP contribution in [0.3, 0.4) is 0 Å². The molecule has 0 amide bonds. The van der Waals surface area contributed by atoms with E-state index in [0.29, 0.717) is 23.2 Å². The van der Waals surface area contributed by atoms with Gasteiger partial charge in [0, 0.05) is 15.7 Å². The fourth-order valence-electron chi connectivity index (χ4n) is 4.32. The average molecular weight is 251 g/mol. The molecule has 0 aromatic heterocycles. The quantitative estimate of drug-likeness (QED) is 0.526. The van der Waals surface area contributed by atoms with Gasteiger partial charge >= 0.3 is 0 Å². The molecule has 0 saturated heterocycles. The van der Waals surface area contributed by atoms with E-state index in [1.807, 2.05) is 0 Å². The molecule has 0 fully saturated rings. The van der Waals surface area contributed by atoms with Crippen molar-refractivity contribution >= 4 is 10.2 Å². The molecule has 0 heterocycles. The van der Waals surface area contributed by atoms with E-state index in [9.17, 15) is 0 Å². The summed E-state index contributed by atoms with van der Waals surface area (Å²) in [6, 6.07) is 0. The van der Waals surface area contributed by atoms with E-state index in [-0.39, 0.29) is 0 Å². The molecule has 0 atom stereocenters. The van der Waals surface area contributed by atoms with Crippen molar-refractivity contribution in [2.45, 2.75) is 54.9 Å². The molecule has 0 nitrogen and oxygen atoms in total. The normalized spacial score (nSPS) is 20.7. The van der Waals surface area contributed by atoms with Gasteiger partial charge in [0.05, 0.1) is 0 Å². The van der Waals surface area contributed by atoms with Crippen LogP contribution in [0.1, 0.15) is 54.9 Å². The summed E-state index contributed by atoms with van der Waals surface area (Å²) in [4.78, 5) is 0. The molecular weight excluding hydrogens is 220 g/mol. The second kappa shape index (κ2) is 5.13. The lowest BCUT2D eigenvalue weighted by Gasteiger charge is -2.49. The largest absolute Gasteiger partial charge is 0.0877 e. The van der Waals surface area contributed by atoms with Gasteiger partial charge in [-0.05, 0) is 31.1 Å². The van der Waals surface area contributed by atoms with Crippen LogP contribution in [0, 0.1) is 23.2 Å². The highest BCUT2D eigenvalue weighted by atomic mass is 28.1. The Labute approximate surface area is 111 Å². The summed E-state index contributed by atoms with van der Waals surface area (Å²) in [6.07, 6.45) is 3.71. The van der Waals surface area contributed by atoms with Crippen molar-refractivity contribution in [2.75, 3.05) is 0 Å². The number of allylic oxidation sites excluding steroid dienone is 4. The fraction of sp³-hybridized carbons (Fsp3) is 0.750. The molecule has 0 aliphatic heterocycles. The van der Waals surface area contributed by atoms with Gasteiger partial charge in [0.25, 0.3) is 0 Å². The lowest BCUT2D eigenvalue weighted by molar-refractivity contribution is 0.191. The minimum absolute atomic E-state index is 0.323. The topological polar surface area (TPSA) is 0 Å². The van der Waals surface area contributed by atoms with Crippen molar-refractivity contribution in [1.82, 2.24) is 0 Å². The molecule has 0 radical (unpaired) electrons. The Morgan fingerprint density at radius 1 is 1.06 bits per heavy atom. The lowest BCUT2D eigenvalue weighted by atomic mass is 9.56. The lowest BCUT2D eigenvalue weighted by Crippen LogP contribution is -2.40. The summed E-state index contributed by atoms with van der Waals surface area (Å²) >= 11 is 0. The fourth-order valence-corrected chi connectivity index (χ4v) is 5.52. The first-order chi connectivity index (χ1) is 7.76. The van der Waals surface area contributed by atoms with Gasteiger partial charge in [-0.15, -0.1) is 0 Å². The molecule has 0 saturated carbocycles. The molecule has 98 valence electrons. The van der Waals surface area contributed by atoms with Crippen molar-refractivity contribution in [1.29, 1.82) is 0 Å². The van der Waals surface area contributed by atoms with Crippen molar-refractivity contribution < 1.29 is 0 Å². The van der Waals surface area contributed by atoms with Crippen LogP contribution < -0.4 is 0 Å². The zero-order chi connectivity index (χ0) is 13.4. The minimum Gasteiger partial charge on any atom is -0.0877 e. The van der Waals surface area contributed by atoms with Crippen LogP contribution in [0.25, 0.3) is 0 Å². The predicted octanol–water partition coefficient (Wildman–Crippen LogP) is 3.91.